The van der Waals surface area contributed by atoms with Gasteiger partial charge >= 0.3 is 12.4 Å². The topological polar surface area (TPSA) is 43.4 Å². The average Bonchev–Trinajstić information content (AvgIpc) is 2.28. The lowest BCUT2D eigenvalue weighted by Gasteiger charge is -2.02. The van der Waals surface area contributed by atoms with Crippen molar-refractivity contribution in [3.05, 3.63) is 36.0 Å². The van der Waals surface area contributed by atoms with Crippen molar-refractivity contribution in [2.75, 3.05) is 0 Å². The average molecular weight is 210 g/mol. The number of carbonyl (C=O) groups excluding carboxylic acids is 2. The molecule has 84 valence electrons. The van der Waals surface area contributed by atoms with Crippen LogP contribution < -0.4 is 0 Å². The third-order valence-electron chi connectivity index (χ3n) is 1.52. The monoisotopic (exact) mass is 210 g/mol. The maximum Gasteiger partial charge on any atom is 0.345 e. The van der Waals surface area contributed by atoms with E-state index in [1.165, 1.54) is 12.2 Å². The summed E-state index contributed by atoms with van der Waals surface area (Å²) < 4.78 is 4.20. The molecule has 3 heteroatoms. The Hall–Kier alpha value is -1.64. The Balaban J connectivity index is 0. The van der Waals surface area contributed by atoms with Crippen LogP contribution in [0.3, 0.4) is 0 Å². The van der Waals surface area contributed by atoms with Gasteiger partial charge in [-0.15, -0.1) is 0 Å². The fourth-order valence-corrected chi connectivity index (χ4v) is 0.741. The van der Waals surface area contributed by atoms with Crippen LogP contribution in [0.2, 0.25) is 0 Å². The van der Waals surface area contributed by atoms with Crippen LogP contribution in [0.4, 0.5) is 0 Å². The standard InChI is InChI=1S/C10H12O3.C2H6/c1-4-6-9(8(3)5-2)10(12)13-7-11;1-2/h4-7H,1H2,2-3H3;1-2H3/b8-5-,9-6+;. The van der Waals surface area contributed by atoms with Crippen molar-refractivity contribution in [1.82, 2.24) is 0 Å². The van der Waals surface area contributed by atoms with Gasteiger partial charge in [0.05, 0.1) is 5.57 Å². The summed E-state index contributed by atoms with van der Waals surface area (Å²) in [6, 6.07) is 0. The van der Waals surface area contributed by atoms with E-state index in [2.05, 4.69) is 11.3 Å². The third-order valence-corrected chi connectivity index (χ3v) is 1.52. The molecular weight excluding hydrogens is 192 g/mol. The molecule has 0 N–H and O–H groups in total. The summed E-state index contributed by atoms with van der Waals surface area (Å²) in [6.45, 7) is 11.1. The fraction of sp³-hybridized carbons (Fsp3) is 0.333. The summed E-state index contributed by atoms with van der Waals surface area (Å²) in [5.41, 5.74) is 1.08. The van der Waals surface area contributed by atoms with Crippen molar-refractivity contribution < 1.29 is 14.3 Å². The number of carbonyl (C=O) groups is 2. The first kappa shape index (κ1) is 15.8. The Morgan fingerprint density at radius 1 is 1.33 bits per heavy atom. The first-order valence-corrected chi connectivity index (χ1v) is 4.78. The van der Waals surface area contributed by atoms with E-state index < -0.39 is 5.97 Å². The molecule has 15 heavy (non-hydrogen) atoms. The Bertz CT molecular complexity index is 273. The zero-order valence-electron chi connectivity index (χ0n) is 9.74. The lowest BCUT2D eigenvalue weighted by molar-refractivity contribution is -0.147. The second-order valence-corrected chi connectivity index (χ2v) is 2.29. The molecule has 3 nitrogen and oxygen atoms in total. The predicted molar refractivity (Wildman–Crippen MR) is 61.2 cm³/mol. The lowest BCUT2D eigenvalue weighted by atomic mass is 10.1. The van der Waals surface area contributed by atoms with Crippen molar-refractivity contribution in [3.8, 4) is 0 Å². The van der Waals surface area contributed by atoms with E-state index >= 15 is 0 Å². The summed E-state index contributed by atoms with van der Waals surface area (Å²) in [4.78, 5) is 21.0. The SMILES string of the molecule is C=C/C=C(C(=O)OC=O)\C(C)=C/C.CC. The molecule has 0 spiro atoms. The van der Waals surface area contributed by atoms with Gasteiger partial charge in [-0.05, 0) is 25.5 Å². The zero-order valence-corrected chi connectivity index (χ0v) is 9.74. The van der Waals surface area contributed by atoms with Crippen LogP contribution in [-0.4, -0.2) is 12.4 Å². The normalized spacial score (nSPS) is 10.9. The summed E-state index contributed by atoms with van der Waals surface area (Å²) in [7, 11) is 0. The highest BCUT2D eigenvalue weighted by atomic mass is 16.6. The van der Waals surface area contributed by atoms with Crippen LogP contribution >= 0.6 is 0 Å². The van der Waals surface area contributed by atoms with E-state index in [1.54, 1.807) is 19.9 Å². The summed E-state index contributed by atoms with van der Waals surface area (Å²) in [5, 5.41) is 0. The minimum absolute atomic E-state index is 0.113. The molecule has 0 aliphatic rings. The van der Waals surface area contributed by atoms with Gasteiger partial charge in [0.15, 0.2) is 0 Å². The minimum atomic E-state index is -0.662. The second-order valence-electron chi connectivity index (χ2n) is 2.29. The Labute approximate surface area is 91.1 Å². The Morgan fingerprint density at radius 3 is 2.20 bits per heavy atom. The highest BCUT2D eigenvalue weighted by Crippen LogP contribution is 2.10. The van der Waals surface area contributed by atoms with Crippen LogP contribution in [0.25, 0.3) is 0 Å². The first-order chi connectivity index (χ1) is 7.17. The molecule has 0 unspecified atom stereocenters. The molecule has 0 bridgehead atoms. The van der Waals surface area contributed by atoms with Gasteiger partial charge in [-0.3, -0.25) is 4.79 Å². The molecular formula is C12H18O3. The van der Waals surface area contributed by atoms with Crippen LogP contribution in [0.1, 0.15) is 27.7 Å². The molecule has 0 aromatic rings. The number of rotatable bonds is 4. The molecule has 0 saturated heterocycles. The highest BCUT2D eigenvalue weighted by molar-refractivity contribution is 5.96. The van der Waals surface area contributed by atoms with Gasteiger partial charge in [0.1, 0.15) is 0 Å². The number of allylic oxidation sites excluding steroid dienone is 3. The summed E-state index contributed by atoms with van der Waals surface area (Å²) in [6.07, 6.45) is 4.72. The maximum atomic E-state index is 11.1. The molecule has 0 aromatic carbocycles. The van der Waals surface area contributed by atoms with Crippen LogP contribution in [0, 0.1) is 0 Å². The van der Waals surface area contributed by atoms with Gasteiger partial charge in [-0.1, -0.05) is 32.6 Å². The van der Waals surface area contributed by atoms with Crippen LogP contribution in [-0.2, 0) is 14.3 Å². The third kappa shape index (κ3) is 6.43. The van der Waals surface area contributed by atoms with Crippen LogP contribution in [0.5, 0.6) is 0 Å². The second kappa shape index (κ2) is 10.4. The zero-order chi connectivity index (χ0) is 12.3. The molecule has 0 saturated carbocycles. The Kier molecular flexibility index (Phi) is 11.0. The van der Waals surface area contributed by atoms with E-state index in [1.807, 2.05) is 13.8 Å². The molecule has 0 rings (SSSR count). The smallest absolute Gasteiger partial charge is 0.345 e. The van der Waals surface area contributed by atoms with E-state index in [-0.39, 0.29) is 6.47 Å². The number of ether oxygens (including phenoxy) is 1. The van der Waals surface area contributed by atoms with Crippen molar-refractivity contribution >= 4 is 12.4 Å². The number of hydrogen-bond donors (Lipinski definition) is 0. The summed E-state index contributed by atoms with van der Waals surface area (Å²) in [5.74, 6) is -0.662. The molecule has 0 aromatic heterocycles. The van der Waals surface area contributed by atoms with E-state index in [4.69, 9.17) is 0 Å². The molecule has 0 fully saturated rings. The van der Waals surface area contributed by atoms with Gasteiger partial charge in [0.25, 0.3) is 0 Å². The highest BCUT2D eigenvalue weighted by Gasteiger charge is 2.10. The molecule has 0 atom stereocenters. The minimum Gasteiger partial charge on any atom is -0.392 e. The molecule has 0 radical (unpaired) electrons. The quantitative estimate of drug-likeness (QED) is 0.235. The van der Waals surface area contributed by atoms with E-state index in [0.29, 0.717) is 5.57 Å². The van der Waals surface area contributed by atoms with Crippen molar-refractivity contribution in [2.45, 2.75) is 27.7 Å². The van der Waals surface area contributed by atoms with Crippen molar-refractivity contribution in [1.29, 1.82) is 0 Å². The predicted octanol–water partition coefficient (Wildman–Crippen LogP) is 2.79. The van der Waals surface area contributed by atoms with Gasteiger partial charge < -0.3 is 4.74 Å². The molecule has 0 aliphatic heterocycles. The van der Waals surface area contributed by atoms with E-state index in [9.17, 15) is 9.59 Å². The van der Waals surface area contributed by atoms with Crippen molar-refractivity contribution in [3.63, 3.8) is 0 Å². The summed E-state index contributed by atoms with van der Waals surface area (Å²) >= 11 is 0. The Morgan fingerprint density at radius 2 is 1.87 bits per heavy atom. The van der Waals surface area contributed by atoms with Gasteiger partial charge in [-0.25, -0.2) is 4.79 Å². The maximum absolute atomic E-state index is 11.1. The van der Waals surface area contributed by atoms with Crippen molar-refractivity contribution in [2.24, 2.45) is 0 Å². The number of esters is 1. The first-order valence-electron chi connectivity index (χ1n) is 4.78. The molecule has 0 heterocycles. The van der Waals surface area contributed by atoms with E-state index in [0.717, 1.165) is 5.57 Å². The van der Waals surface area contributed by atoms with Gasteiger partial charge in [0, 0.05) is 0 Å². The lowest BCUT2D eigenvalue weighted by Crippen LogP contribution is -2.07. The van der Waals surface area contributed by atoms with Crippen LogP contribution in [0.15, 0.2) is 36.0 Å². The number of hydrogen-bond acceptors (Lipinski definition) is 3. The molecule has 0 amide bonds. The largest absolute Gasteiger partial charge is 0.392 e. The molecule has 0 aliphatic carbocycles. The van der Waals surface area contributed by atoms with Gasteiger partial charge in [-0.2, -0.15) is 0 Å². The fourth-order valence-electron chi connectivity index (χ4n) is 0.741. The van der Waals surface area contributed by atoms with Gasteiger partial charge in [0.2, 0.25) is 0 Å².